The molecule has 2 N–H and O–H groups in total. The van der Waals surface area contributed by atoms with Crippen molar-refractivity contribution >= 4 is 27.3 Å². The molecule has 0 aliphatic carbocycles. The van der Waals surface area contributed by atoms with Gasteiger partial charge in [0, 0.05) is 18.9 Å². The van der Waals surface area contributed by atoms with Gasteiger partial charge < -0.3 is 5.32 Å². The van der Waals surface area contributed by atoms with Crippen molar-refractivity contribution in [3.05, 3.63) is 23.5 Å². The lowest BCUT2D eigenvalue weighted by Crippen LogP contribution is -2.26. The van der Waals surface area contributed by atoms with Crippen LogP contribution in [0.4, 0.5) is 5.69 Å². The highest BCUT2D eigenvalue weighted by Gasteiger charge is 2.06. The van der Waals surface area contributed by atoms with Crippen LogP contribution in [0.1, 0.15) is 0 Å². The molecule has 0 radical (unpaired) electrons. The molecule has 0 amide bonds. The molecule has 0 saturated carbocycles. The second-order valence-electron chi connectivity index (χ2n) is 2.81. The van der Waals surface area contributed by atoms with Gasteiger partial charge in [0.15, 0.2) is 0 Å². The van der Waals surface area contributed by atoms with Gasteiger partial charge in [-0.3, -0.25) is 4.98 Å². The van der Waals surface area contributed by atoms with E-state index in [2.05, 4.69) is 15.0 Å². The van der Waals surface area contributed by atoms with Crippen LogP contribution in [0.5, 0.6) is 0 Å². The predicted octanol–water partition coefficient (Wildman–Crippen LogP) is 0.696. The van der Waals surface area contributed by atoms with Crippen molar-refractivity contribution in [2.24, 2.45) is 0 Å². The number of nitrogens with zero attached hydrogens (tertiary/aromatic N) is 1. The van der Waals surface area contributed by atoms with Gasteiger partial charge >= 0.3 is 0 Å². The number of rotatable bonds is 5. The largest absolute Gasteiger partial charge is 0.383 e. The first-order chi connectivity index (χ1) is 7.05. The van der Waals surface area contributed by atoms with Gasteiger partial charge in [0.1, 0.15) is 0 Å². The van der Waals surface area contributed by atoms with Crippen molar-refractivity contribution in [3.63, 3.8) is 0 Å². The third-order valence-corrected chi connectivity index (χ3v) is 3.43. The van der Waals surface area contributed by atoms with Gasteiger partial charge in [-0.1, -0.05) is 11.6 Å². The summed E-state index contributed by atoms with van der Waals surface area (Å²) < 4.78 is 24.4. The normalized spacial score (nSPS) is 11.3. The molecule has 1 rings (SSSR count). The molecule has 1 aromatic rings. The van der Waals surface area contributed by atoms with Crippen LogP contribution in [0.15, 0.2) is 18.5 Å². The Hall–Kier alpha value is -0.850. The van der Waals surface area contributed by atoms with Gasteiger partial charge in [-0.25, -0.2) is 13.1 Å². The van der Waals surface area contributed by atoms with Crippen LogP contribution in [0, 0.1) is 0 Å². The van der Waals surface area contributed by atoms with E-state index in [4.69, 9.17) is 11.6 Å². The average molecular weight is 250 g/mol. The van der Waals surface area contributed by atoms with Crippen LogP contribution < -0.4 is 10.0 Å². The van der Waals surface area contributed by atoms with Crippen LogP contribution in [-0.2, 0) is 10.0 Å². The highest BCUT2D eigenvalue weighted by molar-refractivity contribution is 7.89. The summed E-state index contributed by atoms with van der Waals surface area (Å²) in [5.74, 6) is 0.00213. The zero-order valence-electron chi connectivity index (χ0n) is 8.20. The van der Waals surface area contributed by atoms with Crippen LogP contribution in [-0.4, -0.2) is 32.7 Å². The molecule has 15 heavy (non-hydrogen) atoms. The predicted molar refractivity (Wildman–Crippen MR) is 60.6 cm³/mol. The lowest BCUT2D eigenvalue weighted by molar-refractivity contribution is 0.588. The van der Waals surface area contributed by atoms with Crippen LogP contribution in [0.2, 0.25) is 5.02 Å². The van der Waals surface area contributed by atoms with Crippen molar-refractivity contribution in [1.29, 1.82) is 0 Å². The molecule has 7 heteroatoms. The number of nitrogens with one attached hydrogen (secondary N) is 2. The van der Waals surface area contributed by atoms with E-state index >= 15 is 0 Å². The number of hydrogen-bond acceptors (Lipinski definition) is 4. The highest BCUT2D eigenvalue weighted by atomic mass is 35.5. The van der Waals surface area contributed by atoms with E-state index in [-0.39, 0.29) is 5.75 Å². The Labute approximate surface area is 93.9 Å². The van der Waals surface area contributed by atoms with Gasteiger partial charge in [0.05, 0.1) is 16.5 Å². The summed E-state index contributed by atoms with van der Waals surface area (Å²) in [4.78, 5) is 3.82. The van der Waals surface area contributed by atoms with E-state index in [0.717, 1.165) is 0 Å². The SMILES string of the molecule is CNS(=O)(=O)CCNc1ccncc1Cl. The average Bonchev–Trinajstić information content (AvgIpc) is 2.21. The van der Waals surface area contributed by atoms with Crippen LogP contribution >= 0.6 is 11.6 Å². The Kier molecular flexibility index (Phi) is 4.31. The number of hydrogen-bond donors (Lipinski definition) is 2. The molecule has 0 fully saturated rings. The second kappa shape index (κ2) is 5.29. The van der Waals surface area contributed by atoms with Crippen molar-refractivity contribution in [3.8, 4) is 0 Å². The second-order valence-corrected chi connectivity index (χ2v) is 5.26. The van der Waals surface area contributed by atoms with Gasteiger partial charge in [0.25, 0.3) is 0 Å². The summed E-state index contributed by atoms with van der Waals surface area (Å²) in [6.07, 6.45) is 3.08. The molecule has 0 aliphatic rings. The topological polar surface area (TPSA) is 71.1 Å². The molecular weight excluding hydrogens is 238 g/mol. The molecule has 0 spiro atoms. The summed E-state index contributed by atoms with van der Waals surface area (Å²) >= 11 is 5.82. The molecule has 84 valence electrons. The number of anilines is 1. The summed E-state index contributed by atoms with van der Waals surface area (Å²) in [6, 6.07) is 1.69. The third-order valence-electron chi connectivity index (χ3n) is 1.77. The number of sulfonamides is 1. The Morgan fingerprint density at radius 3 is 2.87 bits per heavy atom. The maximum atomic E-state index is 11.1. The highest BCUT2D eigenvalue weighted by Crippen LogP contribution is 2.18. The molecule has 0 atom stereocenters. The van der Waals surface area contributed by atoms with E-state index < -0.39 is 10.0 Å². The third kappa shape index (κ3) is 4.03. The zero-order valence-corrected chi connectivity index (χ0v) is 9.77. The van der Waals surface area contributed by atoms with Crippen LogP contribution in [0.25, 0.3) is 0 Å². The molecule has 0 aromatic carbocycles. The summed E-state index contributed by atoms with van der Waals surface area (Å²) in [5, 5.41) is 3.38. The minimum atomic E-state index is -3.17. The van der Waals surface area contributed by atoms with E-state index in [1.54, 1.807) is 12.3 Å². The lowest BCUT2D eigenvalue weighted by Gasteiger charge is -2.07. The fraction of sp³-hybridized carbons (Fsp3) is 0.375. The maximum Gasteiger partial charge on any atom is 0.213 e. The fourth-order valence-corrected chi connectivity index (χ4v) is 1.70. The van der Waals surface area contributed by atoms with E-state index in [1.807, 2.05) is 0 Å². The Morgan fingerprint density at radius 1 is 1.53 bits per heavy atom. The van der Waals surface area contributed by atoms with Gasteiger partial charge in [-0.2, -0.15) is 0 Å². The van der Waals surface area contributed by atoms with Gasteiger partial charge in [0.2, 0.25) is 10.0 Å². The molecule has 0 unspecified atom stereocenters. The minimum Gasteiger partial charge on any atom is -0.383 e. The molecule has 1 aromatic heterocycles. The summed E-state index contributed by atoms with van der Waals surface area (Å²) in [6.45, 7) is 0.299. The number of aromatic nitrogens is 1. The van der Waals surface area contributed by atoms with Crippen molar-refractivity contribution in [2.75, 3.05) is 24.7 Å². The minimum absolute atomic E-state index is 0.00213. The van der Waals surface area contributed by atoms with Crippen molar-refractivity contribution in [2.45, 2.75) is 0 Å². The Balaban J connectivity index is 2.49. The fourth-order valence-electron chi connectivity index (χ4n) is 0.941. The first kappa shape index (κ1) is 12.2. The van der Waals surface area contributed by atoms with Gasteiger partial charge in [-0.15, -0.1) is 0 Å². The van der Waals surface area contributed by atoms with Crippen molar-refractivity contribution in [1.82, 2.24) is 9.71 Å². The van der Waals surface area contributed by atoms with E-state index in [1.165, 1.54) is 13.2 Å². The molecular formula is C8H12ClN3O2S. The quantitative estimate of drug-likeness (QED) is 0.806. The zero-order chi connectivity index (χ0) is 11.3. The first-order valence-electron chi connectivity index (χ1n) is 4.30. The van der Waals surface area contributed by atoms with Gasteiger partial charge in [-0.05, 0) is 13.1 Å². The lowest BCUT2D eigenvalue weighted by atomic mass is 10.4. The van der Waals surface area contributed by atoms with E-state index in [9.17, 15) is 8.42 Å². The monoisotopic (exact) mass is 249 g/mol. The Bertz CT molecular complexity index is 422. The molecule has 0 bridgehead atoms. The first-order valence-corrected chi connectivity index (χ1v) is 6.33. The molecule has 0 aliphatic heterocycles. The van der Waals surface area contributed by atoms with Crippen LogP contribution in [0.3, 0.4) is 0 Å². The molecule has 1 heterocycles. The number of pyridine rings is 1. The summed E-state index contributed by atoms with van der Waals surface area (Å²) in [7, 11) is -1.79. The molecule has 5 nitrogen and oxygen atoms in total. The summed E-state index contributed by atoms with van der Waals surface area (Å²) in [5.41, 5.74) is 0.679. The standard InChI is InChI=1S/C8H12ClN3O2S/c1-10-15(13,14)5-4-12-8-2-3-11-6-7(8)9/h2-3,6,10H,4-5H2,1H3,(H,11,12). The Morgan fingerprint density at radius 2 is 2.27 bits per heavy atom. The van der Waals surface area contributed by atoms with Crippen molar-refractivity contribution < 1.29 is 8.42 Å². The maximum absolute atomic E-state index is 11.1. The molecule has 0 saturated heterocycles. The van der Waals surface area contributed by atoms with E-state index in [0.29, 0.717) is 17.3 Å². The number of halogens is 1. The smallest absolute Gasteiger partial charge is 0.213 e.